The van der Waals surface area contributed by atoms with E-state index in [4.69, 9.17) is 11.5 Å². The molecule has 4 N–H and O–H groups in total. The summed E-state index contributed by atoms with van der Waals surface area (Å²) in [5.74, 6) is -0.226. The van der Waals surface area contributed by atoms with E-state index in [1.165, 1.54) is 6.07 Å². The van der Waals surface area contributed by atoms with Gasteiger partial charge >= 0.3 is 0 Å². The fraction of sp³-hybridized carbons (Fsp3) is 0.333. The molecule has 0 saturated heterocycles. The standard InChI is InChI=1S/C9H13FN2/c1-6-2-3-7(4-8(6)10)9(12)5-11/h2-4,9H,5,11-12H2,1H3/t9-/m0/s1. The van der Waals surface area contributed by atoms with Gasteiger partial charge in [0.15, 0.2) is 0 Å². The fourth-order valence-corrected chi connectivity index (χ4v) is 0.976. The van der Waals surface area contributed by atoms with Gasteiger partial charge in [-0.1, -0.05) is 12.1 Å². The summed E-state index contributed by atoms with van der Waals surface area (Å²) in [6.07, 6.45) is 0. The average molecular weight is 168 g/mol. The van der Waals surface area contributed by atoms with Gasteiger partial charge in [-0.15, -0.1) is 0 Å². The van der Waals surface area contributed by atoms with Crippen molar-refractivity contribution < 1.29 is 4.39 Å². The number of benzene rings is 1. The number of hydrogen-bond donors (Lipinski definition) is 2. The summed E-state index contributed by atoms with van der Waals surface area (Å²) in [5, 5.41) is 0. The van der Waals surface area contributed by atoms with Crippen molar-refractivity contribution in [3.8, 4) is 0 Å². The molecule has 0 amide bonds. The zero-order chi connectivity index (χ0) is 9.14. The number of aryl methyl sites for hydroxylation is 1. The Balaban J connectivity index is 2.96. The molecular weight excluding hydrogens is 155 g/mol. The van der Waals surface area contributed by atoms with Crippen LogP contribution in [0.5, 0.6) is 0 Å². The molecule has 0 spiro atoms. The Bertz CT molecular complexity index is 273. The first-order chi connectivity index (χ1) is 5.65. The van der Waals surface area contributed by atoms with Crippen molar-refractivity contribution in [2.75, 3.05) is 6.54 Å². The molecule has 1 aromatic rings. The van der Waals surface area contributed by atoms with Crippen LogP contribution in [0.1, 0.15) is 17.2 Å². The molecule has 12 heavy (non-hydrogen) atoms. The first-order valence-electron chi connectivity index (χ1n) is 3.87. The quantitative estimate of drug-likeness (QED) is 0.694. The summed E-state index contributed by atoms with van der Waals surface area (Å²) in [6.45, 7) is 2.05. The van der Waals surface area contributed by atoms with Gasteiger partial charge in [-0.2, -0.15) is 0 Å². The smallest absolute Gasteiger partial charge is 0.126 e. The van der Waals surface area contributed by atoms with E-state index in [0.29, 0.717) is 12.1 Å². The maximum atomic E-state index is 13.0. The highest BCUT2D eigenvalue weighted by Crippen LogP contribution is 2.13. The first-order valence-corrected chi connectivity index (χ1v) is 3.87. The Morgan fingerprint density at radius 2 is 2.17 bits per heavy atom. The van der Waals surface area contributed by atoms with Crippen molar-refractivity contribution in [3.63, 3.8) is 0 Å². The third-order valence-electron chi connectivity index (χ3n) is 1.88. The van der Waals surface area contributed by atoms with E-state index in [2.05, 4.69) is 0 Å². The second-order valence-electron chi connectivity index (χ2n) is 2.85. The molecule has 2 nitrogen and oxygen atoms in total. The second-order valence-corrected chi connectivity index (χ2v) is 2.85. The van der Waals surface area contributed by atoms with Gasteiger partial charge in [0, 0.05) is 12.6 Å². The van der Waals surface area contributed by atoms with E-state index in [9.17, 15) is 4.39 Å². The molecule has 0 bridgehead atoms. The Kier molecular flexibility index (Phi) is 2.78. The zero-order valence-electron chi connectivity index (χ0n) is 7.05. The van der Waals surface area contributed by atoms with Gasteiger partial charge in [0.25, 0.3) is 0 Å². The highest BCUT2D eigenvalue weighted by molar-refractivity contribution is 5.25. The van der Waals surface area contributed by atoms with Gasteiger partial charge in [0.1, 0.15) is 5.82 Å². The molecule has 0 aliphatic carbocycles. The van der Waals surface area contributed by atoms with Crippen LogP contribution in [-0.4, -0.2) is 6.54 Å². The van der Waals surface area contributed by atoms with Crippen LogP contribution >= 0.6 is 0 Å². The largest absolute Gasteiger partial charge is 0.329 e. The monoisotopic (exact) mass is 168 g/mol. The normalized spacial score (nSPS) is 13.0. The number of hydrogen-bond acceptors (Lipinski definition) is 2. The summed E-state index contributed by atoms with van der Waals surface area (Å²) in [7, 11) is 0. The van der Waals surface area contributed by atoms with E-state index in [0.717, 1.165) is 5.56 Å². The van der Waals surface area contributed by atoms with Crippen LogP contribution in [0.2, 0.25) is 0 Å². The molecule has 0 unspecified atom stereocenters. The lowest BCUT2D eigenvalue weighted by atomic mass is 10.1. The van der Waals surface area contributed by atoms with Gasteiger partial charge in [0.2, 0.25) is 0 Å². The predicted octanol–water partition coefficient (Wildman–Crippen LogP) is 1.09. The van der Waals surface area contributed by atoms with E-state index < -0.39 is 0 Å². The average Bonchev–Trinajstić information content (AvgIpc) is 2.08. The maximum Gasteiger partial charge on any atom is 0.126 e. The van der Waals surface area contributed by atoms with Crippen LogP contribution in [0, 0.1) is 12.7 Å². The third-order valence-corrected chi connectivity index (χ3v) is 1.88. The Hall–Kier alpha value is -0.930. The van der Waals surface area contributed by atoms with E-state index in [-0.39, 0.29) is 11.9 Å². The van der Waals surface area contributed by atoms with Crippen molar-refractivity contribution in [2.24, 2.45) is 11.5 Å². The van der Waals surface area contributed by atoms with Crippen LogP contribution in [0.25, 0.3) is 0 Å². The molecule has 3 heteroatoms. The van der Waals surface area contributed by atoms with Crippen molar-refractivity contribution in [2.45, 2.75) is 13.0 Å². The van der Waals surface area contributed by atoms with Crippen molar-refractivity contribution >= 4 is 0 Å². The zero-order valence-corrected chi connectivity index (χ0v) is 7.05. The molecule has 0 heterocycles. The molecule has 0 aliphatic rings. The highest BCUT2D eigenvalue weighted by Gasteiger charge is 2.05. The number of rotatable bonds is 2. The summed E-state index contributed by atoms with van der Waals surface area (Å²) in [4.78, 5) is 0. The lowest BCUT2D eigenvalue weighted by Gasteiger charge is -2.09. The van der Waals surface area contributed by atoms with Gasteiger partial charge in [0.05, 0.1) is 0 Å². The minimum Gasteiger partial charge on any atom is -0.329 e. The van der Waals surface area contributed by atoms with Crippen LogP contribution in [0.15, 0.2) is 18.2 Å². The van der Waals surface area contributed by atoms with Crippen LogP contribution in [-0.2, 0) is 0 Å². The Labute approximate surface area is 71.4 Å². The third kappa shape index (κ3) is 1.81. The van der Waals surface area contributed by atoms with E-state index >= 15 is 0 Å². The number of halogens is 1. The topological polar surface area (TPSA) is 52.0 Å². The molecule has 1 atom stereocenters. The minimum atomic E-state index is -0.264. The molecule has 0 saturated carbocycles. The Morgan fingerprint density at radius 1 is 1.50 bits per heavy atom. The van der Waals surface area contributed by atoms with Crippen molar-refractivity contribution in [1.82, 2.24) is 0 Å². The van der Waals surface area contributed by atoms with Gasteiger partial charge < -0.3 is 11.5 Å². The second kappa shape index (κ2) is 3.65. The highest BCUT2D eigenvalue weighted by atomic mass is 19.1. The lowest BCUT2D eigenvalue weighted by Crippen LogP contribution is -2.20. The molecule has 0 fully saturated rings. The summed E-state index contributed by atoms with van der Waals surface area (Å²) < 4.78 is 13.0. The first kappa shape index (κ1) is 9.16. The lowest BCUT2D eigenvalue weighted by molar-refractivity contribution is 0.611. The maximum absolute atomic E-state index is 13.0. The fourth-order valence-electron chi connectivity index (χ4n) is 0.976. The minimum absolute atomic E-state index is 0.226. The summed E-state index contributed by atoms with van der Waals surface area (Å²) >= 11 is 0. The van der Waals surface area contributed by atoms with Gasteiger partial charge in [-0.05, 0) is 24.1 Å². The molecule has 1 rings (SSSR count). The molecule has 0 aromatic heterocycles. The van der Waals surface area contributed by atoms with Crippen LogP contribution in [0.4, 0.5) is 4.39 Å². The molecule has 0 radical (unpaired) electrons. The van der Waals surface area contributed by atoms with Crippen molar-refractivity contribution in [3.05, 3.63) is 35.1 Å². The molecule has 1 aromatic carbocycles. The molecular formula is C9H13FN2. The SMILES string of the molecule is Cc1ccc([C@@H](N)CN)cc1F. The van der Waals surface area contributed by atoms with E-state index in [1.54, 1.807) is 19.1 Å². The van der Waals surface area contributed by atoms with Crippen LogP contribution < -0.4 is 11.5 Å². The number of nitrogens with two attached hydrogens (primary N) is 2. The predicted molar refractivity (Wildman–Crippen MR) is 47.1 cm³/mol. The molecule has 66 valence electrons. The van der Waals surface area contributed by atoms with Crippen molar-refractivity contribution in [1.29, 1.82) is 0 Å². The summed E-state index contributed by atoms with van der Waals surface area (Å²) in [5.41, 5.74) is 12.3. The van der Waals surface area contributed by atoms with Crippen LogP contribution in [0.3, 0.4) is 0 Å². The summed E-state index contributed by atoms with van der Waals surface area (Å²) in [6, 6.07) is 4.68. The molecule has 0 aliphatic heterocycles. The van der Waals surface area contributed by atoms with Gasteiger partial charge in [-0.25, -0.2) is 4.39 Å². The van der Waals surface area contributed by atoms with E-state index in [1.807, 2.05) is 0 Å². The Morgan fingerprint density at radius 3 is 2.67 bits per heavy atom. The van der Waals surface area contributed by atoms with Gasteiger partial charge in [-0.3, -0.25) is 0 Å².